The van der Waals surface area contributed by atoms with Crippen LogP contribution in [0.1, 0.15) is 22.1 Å². The van der Waals surface area contributed by atoms with Crippen molar-refractivity contribution >= 4 is 5.91 Å². The quantitative estimate of drug-likeness (QED) is 0.661. The largest absolute Gasteiger partial charge is 0.455 e. The second-order valence-electron chi connectivity index (χ2n) is 3.08. The fraction of sp³-hybridized carbons (Fsp3) is 0.222. The number of carbonyl (C=O) groups is 1. The summed E-state index contributed by atoms with van der Waals surface area (Å²) < 4.78 is 5.18. The van der Waals surface area contributed by atoms with Gasteiger partial charge in [-0.2, -0.15) is 5.10 Å². The van der Waals surface area contributed by atoms with Crippen molar-refractivity contribution in [2.75, 3.05) is 0 Å². The minimum absolute atomic E-state index is 0.236. The molecule has 2 heterocycles. The minimum atomic E-state index is -0.309. The Morgan fingerprint density at radius 3 is 3.06 bits per heavy atom. The topological polar surface area (TPSA) is 110 Å². The van der Waals surface area contributed by atoms with Crippen LogP contribution in [0, 0.1) is 0 Å². The van der Waals surface area contributed by atoms with Crippen LogP contribution >= 0.6 is 0 Å². The van der Waals surface area contributed by atoms with Crippen LogP contribution in [-0.4, -0.2) is 21.1 Å². The Morgan fingerprint density at radius 1 is 1.56 bits per heavy atom. The van der Waals surface area contributed by atoms with Crippen molar-refractivity contribution in [3.63, 3.8) is 0 Å². The van der Waals surface area contributed by atoms with Crippen molar-refractivity contribution in [1.29, 1.82) is 0 Å². The molecule has 4 N–H and O–H groups in total. The van der Waals surface area contributed by atoms with Gasteiger partial charge in [-0.25, -0.2) is 4.98 Å². The molecule has 0 radical (unpaired) electrons. The van der Waals surface area contributed by atoms with Crippen LogP contribution in [0.25, 0.3) is 0 Å². The molecule has 0 aromatic carbocycles. The van der Waals surface area contributed by atoms with Crippen LogP contribution in [0.4, 0.5) is 0 Å². The first-order chi connectivity index (χ1) is 7.79. The molecule has 0 unspecified atom stereocenters. The Hall–Kier alpha value is -2.15. The van der Waals surface area contributed by atoms with E-state index in [4.69, 9.17) is 10.2 Å². The van der Waals surface area contributed by atoms with Gasteiger partial charge in [-0.3, -0.25) is 9.89 Å². The van der Waals surface area contributed by atoms with E-state index in [1.165, 1.54) is 6.33 Å². The van der Waals surface area contributed by atoms with Gasteiger partial charge in [0.15, 0.2) is 5.76 Å². The summed E-state index contributed by atoms with van der Waals surface area (Å²) >= 11 is 0. The molecule has 84 valence electrons. The average molecular weight is 221 g/mol. The number of rotatable bonds is 4. The molecular weight excluding hydrogens is 210 g/mol. The lowest BCUT2D eigenvalue weighted by Crippen LogP contribution is -2.22. The zero-order valence-corrected chi connectivity index (χ0v) is 8.43. The summed E-state index contributed by atoms with van der Waals surface area (Å²) in [7, 11) is 0. The number of nitrogens with one attached hydrogen (secondary N) is 2. The van der Waals surface area contributed by atoms with Crippen LogP contribution in [0.2, 0.25) is 0 Å². The molecule has 0 atom stereocenters. The standard InChI is InChI=1S/C9H11N5O2/c10-3-6-1-2-7(16-6)9(15)11-4-8-12-5-13-14-8/h1-2,5H,3-4,10H2,(H,11,15)(H,12,13,14). The molecule has 0 fully saturated rings. The third-order valence-electron chi connectivity index (χ3n) is 1.97. The number of hydrogen-bond acceptors (Lipinski definition) is 5. The molecule has 2 rings (SSSR count). The monoisotopic (exact) mass is 221 g/mol. The summed E-state index contributed by atoms with van der Waals surface area (Å²) in [6.45, 7) is 0.548. The van der Waals surface area contributed by atoms with E-state index in [-0.39, 0.29) is 24.8 Å². The van der Waals surface area contributed by atoms with Crippen molar-refractivity contribution in [3.05, 3.63) is 35.8 Å². The van der Waals surface area contributed by atoms with Gasteiger partial charge in [0.1, 0.15) is 17.9 Å². The molecule has 7 nitrogen and oxygen atoms in total. The van der Waals surface area contributed by atoms with Gasteiger partial charge in [-0.15, -0.1) is 0 Å². The molecule has 16 heavy (non-hydrogen) atoms. The molecule has 1 amide bonds. The molecule has 0 saturated heterocycles. The number of carbonyl (C=O) groups excluding carboxylic acids is 1. The van der Waals surface area contributed by atoms with Crippen molar-refractivity contribution in [2.24, 2.45) is 5.73 Å². The first-order valence-corrected chi connectivity index (χ1v) is 4.71. The summed E-state index contributed by atoms with van der Waals surface area (Å²) in [5.41, 5.74) is 5.37. The Kier molecular flexibility index (Phi) is 2.97. The Balaban J connectivity index is 1.93. The van der Waals surface area contributed by atoms with E-state index in [0.717, 1.165) is 0 Å². The van der Waals surface area contributed by atoms with Crippen molar-refractivity contribution in [1.82, 2.24) is 20.5 Å². The molecule has 0 aliphatic carbocycles. The Morgan fingerprint density at radius 2 is 2.44 bits per heavy atom. The van der Waals surface area contributed by atoms with Gasteiger partial charge in [-0.1, -0.05) is 0 Å². The number of nitrogens with zero attached hydrogens (tertiary/aromatic N) is 2. The van der Waals surface area contributed by atoms with Crippen molar-refractivity contribution in [3.8, 4) is 0 Å². The van der Waals surface area contributed by atoms with Gasteiger partial charge in [-0.05, 0) is 12.1 Å². The number of aromatic amines is 1. The second-order valence-corrected chi connectivity index (χ2v) is 3.08. The van der Waals surface area contributed by atoms with E-state index in [1.807, 2.05) is 0 Å². The highest BCUT2D eigenvalue weighted by atomic mass is 16.4. The van der Waals surface area contributed by atoms with Gasteiger partial charge < -0.3 is 15.5 Å². The molecule has 2 aromatic rings. The summed E-state index contributed by atoms with van der Waals surface area (Å²) in [6.07, 6.45) is 1.38. The van der Waals surface area contributed by atoms with Gasteiger partial charge >= 0.3 is 0 Å². The van der Waals surface area contributed by atoms with Gasteiger partial charge in [0, 0.05) is 0 Å². The first-order valence-electron chi connectivity index (χ1n) is 4.71. The lowest BCUT2D eigenvalue weighted by Gasteiger charge is -1.99. The summed E-state index contributed by atoms with van der Waals surface area (Å²) in [4.78, 5) is 15.4. The fourth-order valence-corrected chi connectivity index (χ4v) is 1.18. The highest BCUT2D eigenvalue weighted by molar-refractivity contribution is 5.91. The molecule has 7 heteroatoms. The smallest absolute Gasteiger partial charge is 0.287 e. The molecule has 0 saturated carbocycles. The van der Waals surface area contributed by atoms with Crippen LogP contribution < -0.4 is 11.1 Å². The molecule has 0 spiro atoms. The predicted molar refractivity (Wildman–Crippen MR) is 54.2 cm³/mol. The van der Waals surface area contributed by atoms with Crippen LogP contribution in [-0.2, 0) is 13.1 Å². The Bertz CT molecular complexity index is 462. The lowest BCUT2D eigenvalue weighted by molar-refractivity contribution is 0.0920. The third-order valence-corrected chi connectivity index (χ3v) is 1.97. The van der Waals surface area contributed by atoms with Crippen LogP contribution in [0.15, 0.2) is 22.9 Å². The molecule has 0 bridgehead atoms. The summed E-state index contributed by atoms with van der Waals surface area (Å²) in [5.74, 6) is 1.08. The highest BCUT2D eigenvalue weighted by Crippen LogP contribution is 2.06. The number of H-pyrrole nitrogens is 1. The summed E-state index contributed by atoms with van der Waals surface area (Å²) in [6, 6.07) is 3.25. The van der Waals surface area contributed by atoms with E-state index < -0.39 is 0 Å². The van der Waals surface area contributed by atoms with E-state index in [9.17, 15) is 4.79 Å². The zero-order valence-electron chi connectivity index (χ0n) is 8.43. The predicted octanol–water partition coefficient (Wildman–Crippen LogP) is -0.214. The van der Waals surface area contributed by atoms with Crippen LogP contribution in [0.5, 0.6) is 0 Å². The number of aromatic nitrogens is 3. The fourth-order valence-electron chi connectivity index (χ4n) is 1.18. The third kappa shape index (κ3) is 2.26. The van der Waals surface area contributed by atoms with Gasteiger partial charge in [0.05, 0.1) is 13.1 Å². The summed E-state index contributed by atoms with van der Waals surface area (Å²) in [5, 5.41) is 8.93. The average Bonchev–Trinajstić information content (AvgIpc) is 2.96. The van der Waals surface area contributed by atoms with Gasteiger partial charge in [0.25, 0.3) is 5.91 Å². The Labute approximate surface area is 91.0 Å². The van der Waals surface area contributed by atoms with Gasteiger partial charge in [0.2, 0.25) is 0 Å². The maximum Gasteiger partial charge on any atom is 0.287 e. The van der Waals surface area contributed by atoms with E-state index >= 15 is 0 Å². The van der Waals surface area contributed by atoms with E-state index in [1.54, 1.807) is 12.1 Å². The number of amides is 1. The maximum absolute atomic E-state index is 11.6. The number of furan rings is 1. The number of hydrogen-bond donors (Lipinski definition) is 3. The molecular formula is C9H11N5O2. The highest BCUT2D eigenvalue weighted by Gasteiger charge is 2.10. The van der Waals surface area contributed by atoms with Crippen molar-refractivity contribution in [2.45, 2.75) is 13.1 Å². The maximum atomic E-state index is 11.6. The zero-order chi connectivity index (χ0) is 11.4. The second kappa shape index (κ2) is 4.58. The normalized spacial score (nSPS) is 10.3. The first kappa shape index (κ1) is 10.4. The lowest BCUT2D eigenvalue weighted by atomic mass is 10.4. The minimum Gasteiger partial charge on any atom is -0.455 e. The molecule has 0 aliphatic rings. The number of nitrogens with two attached hydrogens (primary N) is 1. The van der Waals surface area contributed by atoms with Crippen molar-refractivity contribution < 1.29 is 9.21 Å². The molecule has 0 aliphatic heterocycles. The molecule has 2 aromatic heterocycles. The van der Waals surface area contributed by atoms with E-state index in [2.05, 4.69) is 20.5 Å². The SMILES string of the molecule is NCc1ccc(C(=O)NCc2ncn[nH]2)o1. The van der Waals surface area contributed by atoms with E-state index in [0.29, 0.717) is 11.6 Å². The van der Waals surface area contributed by atoms with Crippen LogP contribution in [0.3, 0.4) is 0 Å².